The summed E-state index contributed by atoms with van der Waals surface area (Å²) in [5, 5.41) is 14.5. The van der Waals surface area contributed by atoms with E-state index >= 15 is 0 Å². The Bertz CT molecular complexity index is 860. The Morgan fingerprint density at radius 1 is 1.35 bits per heavy atom. The number of nitrogens with one attached hydrogen (secondary N) is 3. The molecule has 1 saturated heterocycles. The maximum absolute atomic E-state index is 12.8. The highest BCUT2D eigenvalue weighted by Gasteiger charge is 2.31. The summed E-state index contributed by atoms with van der Waals surface area (Å²) in [6, 6.07) is 4.81. The molecular formula is C18H16ClF3N4. The summed E-state index contributed by atoms with van der Waals surface area (Å²) >= 11 is 6.02. The van der Waals surface area contributed by atoms with Gasteiger partial charge in [-0.25, -0.2) is 4.98 Å². The first-order chi connectivity index (χ1) is 12.3. The van der Waals surface area contributed by atoms with Gasteiger partial charge in [0.2, 0.25) is 0 Å². The van der Waals surface area contributed by atoms with Crippen LogP contribution in [0.4, 0.5) is 24.7 Å². The molecule has 2 aromatic rings. The molecule has 0 radical (unpaired) electrons. The molecule has 1 aliphatic heterocycles. The second-order valence-corrected chi connectivity index (χ2v) is 6.32. The van der Waals surface area contributed by atoms with Crippen LogP contribution in [-0.2, 0) is 6.18 Å². The molecule has 1 aliphatic rings. The SMILES string of the molecule is C=Cc1ccnc(Nc2ccc(C(F)(F)F)cc2Cl)c1C(=N)C1CNC1. The van der Waals surface area contributed by atoms with Gasteiger partial charge in [-0.2, -0.15) is 13.2 Å². The van der Waals surface area contributed by atoms with E-state index in [1.165, 1.54) is 6.07 Å². The van der Waals surface area contributed by atoms with Crippen molar-refractivity contribution in [3.05, 3.63) is 58.8 Å². The molecule has 0 aliphatic carbocycles. The highest BCUT2D eigenvalue weighted by atomic mass is 35.5. The van der Waals surface area contributed by atoms with Crippen molar-refractivity contribution in [1.29, 1.82) is 5.41 Å². The molecular weight excluding hydrogens is 365 g/mol. The van der Waals surface area contributed by atoms with Gasteiger partial charge in [-0.15, -0.1) is 0 Å². The number of hydrogen-bond acceptors (Lipinski definition) is 4. The molecule has 8 heteroatoms. The maximum Gasteiger partial charge on any atom is 0.416 e. The van der Waals surface area contributed by atoms with Crippen LogP contribution in [0.1, 0.15) is 16.7 Å². The largest absolute Gasteiger partial charge is 0.416 e. The van der Waals surface area contributed by atoms with Crippen molar-refractivity contribution in [1.82, 2.24) is 10.3 Å². The summed E-state index contributed by atoms with van der Waals surface area (Å²) in [4.78, 5) is 4.26. The van der Waals surface area contributed by atoms with Gasteiger partial charge in [0.1, 0.15) is 5.82 Å². The average Bonchev–Trinajstić information content (AvgIpc) is 2.53. The molecule has 0 spiro atoms. The van der Waals surface area contributed by atoms with Crippen LogP contribution >= 0.6 is 11.6 Å². The first-order valence-corrected chi connectivity index (χ1v) is 8.23. The molecule has 3 rings (SSSR count). The number of benzene rings is 1. The number of rotatable bonds is 5. The Labute approximate surface area is 153 Å². The molecule has 0 amide bonds. The molecule has 1 aromatic heterocycles. The van der Waals surface area contributed by atoms with Crippen LogP contribution < -0.4 is 10.6 Å². The van der Waals surface area contributed by atoms with Crippen LogP contribution in [0.15, 0.2) is 37.0 Å². The van der Waals surface area contributed by atoms with Gasteiger partial charge in [0.05, 0.1) is 16.3 Å². The molecule has 3 N–H and O–H groups in total. The molecule has 0 atom stereocenters. The number of halogens is 4. The van der Waals surface area contributed by atoms with Crippen molar-refractivity contribution in [2.45, 2.75) is 6.18 Å². The highest BCUT2D eigenvalue weighted by Crippen LogP contribution is 2.35. The summed E-state index contributed by atoms with van der Waals surface area (Å²) < 4.78 is 38.4. The fraction of sp³-hybridized carbons (Fsp3) is 0.222. The zero-order valence-corrected chi connectivity index (χ0v) is 14.4. The molecule has 4 nitrogen and oxygen atoms in total. The Morgan fingerprint density at radius 3 is 2.62 bits per heavy atom. The van der Waals surface area contributed by atoms with Crippen molar-refractivity contribution in [3.63, 3.8) is 0 Å². The first kappa shape index (κ1) is 18.4. The van der Waals surface area contributed by atoms with Gasteiger partial charge in [0.25, 0.3) is 0 Å². The number of alkyl halides is 3. The van der Waals surface area contributed by atoms with Crippen LogP contribution in [-0.4, -0.2) is 23.8 Å². The monoisotopic (exact) mass is 380 g/mol. The zero-order valence-electron chi connectivity index (χ0n) is 13.6. The van der Waals surface area contributed by atoms with E-state index in [4.69, 9.17) is 17.0 Å². The quantitative estimate of drug-likeness (QED) is 0.657. The van der Waals surface area contributed by atoms with Gasteiger partial charge in [-0.3, -0.25) is 0 Å². The summed E-state index contributed by atoms with van der Waals surface area (Å²) in [5.41, 5.74) is 1.16. The normalized spacial score (nSPS) is 14.6. The Kier molecular flexibility index (Phi) is 5.02. The van der Waals surface area contributed by atoms with Crippen molar-refractivity contribution in [2.75, 3.05) is 18.4 Å². The van der Waals surface area contributed by atoms with E-state index in [2.05, 4.69) is 22.2 Å². The first-order valence-electron chi connectivity index (χ1n) is 7.86. The lowest BCUT2D eigenvalue weighted by Crippen LogP contribution is -2.46. The van der Waals surface area contributed by atoms with Crippen molar-refractivity contribution >= 4 is 34.9 Å². The molecule has 0 saturated carbocycles. The Morgan fingerprint density at radius 2 is 2.08 bits per heavy atom. The molecule has 2 heterocycles. The standard InChI is InChI=1S/C18H16ClF3N4/c1-2-10-5-6-25-17(15(10)16(23)11-8-24-9-11)26-14-4-3-12(7-13(14)19)18(20,21)22/h2-7,11,23-24H,1,8-9H2,(H,25,26). The highest BCUT2D eigenvalue weighted by molar-refractivity contribution is 6.33. The number of hydrogen-bond donors (Lipinski definition) is 3. The smallest absolute Gasteiger partial charge is 0.338 e. The van der Waals surface area contributed by atoms with Gasteiger partial charge in [-0.05, 0) is 29.8 Å². The Balaban J connectivity index is 1.97. The molecule has 1 aromatic carbocycles. The number of anilines is 2. The maximum atomic E-state index is 12.8. The number of pyridine rings is 1. The molecule has 0 unspecified atom stereocenters. The fourth-order valence-electron chi connectivity index (χ4n) is 2.64. The van der Waals surface area contributed by atoms with E-state index in [1.54, 1.807) is 18.3 Å². The van der Waals surface area contributed by atoms with Crippen LogP contribution in [0.2, 0.25) is 5.02 Å². The van der Waals surface area contributed by atoms with Crippen LogP contribution in [0.3, 0.4) is 0 Å². The number of nitrogens with zero attached hydrogens (tertiary/aromatic N) is 1. The summed E-state index contributed by atoms with van der Waals surface area (Å²) in [6.07, 6.45) is -1.29. The lowest BCUT2D eigenvalue weighted by atomic mass is 9.89. The van der Waals surface area contributed by atoms with Gasteiger partial charge in [0, 0.05) is 36.5 Å². The van der Waals surface area contributed by atoms with E-state index in [0.717, 1.165) is 17.7 Å². The predicted octanol–water partition coefficient (Wildman–Crippen LogP) is 4.73. The van der Waals surface area contributed by atoms with Crippen molar-refractivity contribution in [2.24, 2.45) is 5.92 Å². The molecule has 26 heavy (non-hydrogen) atoms. The minimum atomic E-state index is -4.46. The molecule has 0 bridgehead atoms. The van der Waals surface area contributed by atoms with Gasteiger partial charge in [-0.1, -0.05) is 24.3 Å². The third kappa shape index (κ3) is 3.59. The second kappa shape index (κ2) is 7.09. The van der Waals surface area contributed by atoms with Gasteiger partial charge >= 0.3 is 6.18 Å². The third-order valence-electron chi connectivity index (χ3n) is 4.21. The lowest BCUT2D eigenvalue weighted by molar-refractivity contribution is -0.137. The molecule has 136 valence electrons. The third-order valence-corrected chi connectivity index (χ3v) is 4.52. The van der Waals surface area contributed by atoms with Crippen LogP contribution in [0, 0.1) is 11.3 Å². The fourth-order valence-corrected chi connectivity index (χ4v) is 2.87. The summed E-state index contributed by atoms with van der Waals surface area (Å²) in [5.74, 6) is 0.419. The van der Waals surface area contributed by atoms with Crippen molar-refractivity contribution < 1.29 is 13.2 Å². The summed E-state index contributed by atoms with van der Waals surface area (Å²) in [7, 11) is 0. The lowest BCUT2D eigenvalue weighted by Gasteiger charge is -2.29. The van der Waals surface area contributed by atoms with E-state index in [9.17, 15) is 13.2 Å². The zero-order chi connectivity index (χ0) is 18.9. The van der Waals surface area contributed by atoms with E-state index < -0.39 is 11.7 Å². The Hall–Kier alpha value is -2.38. The average molecular weight is 381 g/mol. The summed E-state index contributed by atoms with van der Waals surface area (Å²) in [6.45, 7) is 5.16. The number of aromatic nitrogens is 1. The van der Waals surface area contributed by atoms with E-state index in [-0.39, 0.29) is 16.6 Å². The van der Waals surface area contributed by atoms with Crippen molar-refractivity contribution in [3.8, 4) is 0 Å². The minimum Gasteiger partial charge on any atom is -0.338 e. The van der Waals surface area contributed by atoms with E-state index in [1.807, 2.05) is 0 Å². The topological polar surface area (TPSA) is 60.8 Å². The molecule has 1 fully saturated rings. The van der Waals surface area contributed by atoms with Crippen LogP contribution in [0.25, 0.3) is 6.08 Å². The van der Waals surface area contributed by atoms with Crippen LogP contribution in [0.5, 0.6) is 0 Å². The second-order valence-electron chi connectivity index (χ2n) is 5.91. The predicted molar refractivity (Wildman–Crippen MR) is 97.3 cm³/mol. The van der Waals surface area contributed by atoms with E-state index in [0.29, 0.717) is 30.2 Å². The van der Waals surface area contributed by atoms with Gasteiger partial charge in [0.15, 0.2) is 0 Å². The van der Waals surface area contributed by atoms with Gasteiger partial charge < -0.3 is 16.0 Å². The minimum absolute atomic E-state index is 0.0570.